The van der Waals surface area contributed by atoms with Gasteiger partial charge >= 0.3 is 0 Å². The summed E-state index contributed by atoms with van der Waals surface area (Å²) in [5.74, 6) is 0.0269. The summed E-state index contributed by atoms with van der Waals surface area (Å²) >= 11 is 5.98. The predicted octanol–water partition coefficient (Wildman–Crippen LogP) is 3.75. The molecule has 3 rings (SSSR count). The average Bonchev–Trinajstić information content (AvgIpc) is 2.62. The fourth-order valence-corrected chi connectivity index (χ4v) is 3.50. The van der Waals surface area contributed by atoms with Gasteiger partial charge in [0.1, 0.15) is 0 Å². The molecule has 1 amide bonds. The van der Waals surface area contributed by atoms with Crippen LogP contribution < -0.4 is 5.32 Å². The minimum absolute atomic E-state index is 0.0269. The van der Waals surface area contributed by atoms with E-state index < -0.39 is 0 Å². The van der Waals surface area contributed by atoms with Crippen LogP contribution in [0.15, 0.2) is 54.6 Å². The number of nitrogens with one attached hydrogen (secondary N) is 1. The smallest absolute Gasteiger partial charge is 0.224 e. The second kappa shape index (κ2) is 7.82. The van der Waals surface area contributed by atoms with Gasteiger partial charge in [0.05, 0.1) is 6.42 Å². The maximum atomic E-state index is 12.4. The Hall–Kier alpha value is -1.84. The molecule has 126 valence electrons. The third kappa shape index (κ3) is 4.16. The van der Waals surface area contributed by atoms with Crippen LogP contribution in [0.3, 0.4) is 0 Å². The number of rotatable bonds is 5. The maximum Gasteiger partial charge on any atom is 0.224 e. The van der Waals surface area contributed by atoms with Crippen molar-refractivity contribution in [2.75, 3.05) is 19.8 Å². The Morgan fingerprint density at radius 3 is 2.54 bits per heavy atom. The van der Waals surface area contributed by atoms with Gasteiger partial charge in [-0.2, -0.15) is 0 Å². The van der Waals surface area contributed by atoms with Crippen molar-refractivity contribution in [1.82, 2.24) is 5.32 Å². The monoisotopic (exact) mass is 343 g/mol. The molecule has 1 fully saturated rings. The fourth-order valence-electron chi connectivity index (χ4n) is 3.28. The molecule has 0 unspecified atom stereocenters. The second-order valence-corrected chi connectivity index (χ2v) is 6.78. The van der Waals surface area contributed by atoms with Gasteiger partial charge in [-0.3, -0.25) is 4.79 Å². The molecule has 0 saturated carbocycles. The lowest BCUT2D eigenvalue weighted by Crippen LogP contribution is -2.45. The summed E-state index contributed by atoms with van der Waals surface area (Å²) in [5.41, 5.74) is 2.17. The first-order valence-corrected chi connectivity index (χ1v) is 8.70. The summed E-state index contributed by atoms with van der Waals surface area (Å²) in [6, 6.07) is 17.9. The summed E-state index contributed by atoms with van der Waals surface area (Å²) in [4.78, 5) is 12.4. The van der Waals surface area contributed by atoms with Gasteiger partial charge in [-0.05, 0) is 36.1 Å². The molecule has 0 radical (unpaired) electrons. The van der Waals surface area contributed by atoms with E-state index in [1.165, 1.54) is 5.56 Å². The summed E-state index contributed by atoms with van der Waals surface area (Å²) in [6.07, 6.45) is 2.20. The number of carbonyl (C=O) groups is 1. The molecule has 2 aromatic carbocycles. The zero-order valence-electron chi connectivity index (χ0n) is 13.6. The van der Waals surface area contributed by atoms with Gasteiger partial charge in [-0.1, -0.05) is 54.1 Å². The highest BCUT2D eigenvalue weighted by Crippen LogP contribution is 2.34. The van der Waals surface area contributed by atoms with E-state index in [-0.39, 0.29) is 11.3 Å². The second-order valence-electron chi connectivity index (χ2n) is 6.34. The number of ether oxygens (including phenoxy) is 1. The molecular weight excluding hydrogens is 322 g/mol. The first-order valence-electron chi connectivity index (χ1n) is 8.32. The zero-order chi connectivity index (χ0) is 16.8. The van der Waals surface area contributed by atoms with Crippen LogP contribution in [0.4, 0.5) is 0 Å². The lowest BCUT2D eigenvalue weighted by Gasteiger charge is -2.38. The summed E-state index contributed by atoms with van der Waals surface area (Å²) < 4.78 is 5.53. The number of hydrogen-bond acceptors (Lipinski definition) is 2. The largest absolute Gasteiger partial charge is 0.381 e. The molecule has 0 spiro atoms. The lowest BCUT2D eigenvalue weighted by molar-refractivity contribution is -0.120. The van der Waals surface area contributed by atoms with Gasteiger partial charge in [0.25, 0.3) is 0 Å². The van der Waals surface area contributed by atoms with Crippen molar-refractivity contribution >= 4 is 17.5 Å². The topological polar surface area (TPSA) is 38.3 Å². The van der Waals surface area contributed by atoms with Crippen molar-refractivity contribution in [3.63, 3.8) is 0 Å². The Morgan fingerprint density at radius 2 is 1.83 bits per heavy atom. The predicted molar refractivity (Wildman–Crippen MR) is 96.3 cm³/mol. The van der Waals surface area contributed by atoms with E-state index >= 15 is 0 Å². The number of carbonyl (C=O) groups excluding carboxylic acids is 1. The highest BCUT2D eigenvalue weighted by Gasteiger charge is 2.34. The first kappa shape index (κ1) is 17.0. The van der Waals surface area contributed by atoms with Crippen LogP contribution in [0.1, 0.15) is 24.0 Å². The van der Waals surface area contributed by atoms with Gasteiger partial charge in [0.15, 0.2) is 0 Å². The standard InChI is InChI=1S/C20H22ClNO2/c21-18-8-4-5-16(13-18)14-19(23)22-15-20(9-11-24-12-10-20)17-6-2-1-3-7-17/h1-8,13H,9-12,14-15H2,(H,22,23). The summed E-state index contributed by atoms with van der Waals surface area (Å²) in [5, 5.41) is 3.78. The SMILES string of the molecule is O=C(Cc1cccc(Cl)c1)NCC1(c2ccccc2)CCOCC1. The molecule has 24 heavy (non-hydrogen) atoms. The van der Waals surface area contributed by atoms with Crippen LogP contribution in [-0.2, 0) is 21.4 Å². The Bertz CT molecular complexity index is 681. The normalized spacial score (nSPS) is 16.5. The van der Waals surface area contributed by atoms with E-state index in [4.69, 9.17) is 16.3 Å². The van der Waals surface area contributed by atoms with Crippen LogP contribution in [0.5, 0.6) is 0 Å². The molecule has 1 N–H and O–H groups in total. The minimum Gasteiger partial charge on any atom is -0.381 e. The zero-order valence-corrected chi connectivity index (χ0v) is 14.4. The van der Waals surface area contributed by atoms with Crippen molar-refractivity contribution in [3.8, 4) is 0 Å². The number of amides is 1. The minimum atomic E-state index is -0.0382. The van der Waals surface area contributed by atoms with Gasteiger partial charge in [0.2, 0.25) is 5.91 Å². The highest BCUT2D eigenvalue weighted by molar-refractivity contribution is 6.30. The molecule has 1 aliphatic rings. The van der Waals surface area contributed by atoms with E-state index in [1.54, 1.807) is 0 Å². The van der Waals surface area contributed by atoms with E-state index in [0.717, 1.165) is 31.6 Å². The highest BCUT2D eigenvalue weighted by atomic mass is 35.5. The van der Waals surface area contributed by atoms with Crippen molar-refractivity contribution in [3.05, 3.63) is 70.7 Å². The van der Waals surface area contributed by atoms with Crippen LogP contribution in [0.25, 0.3) is 0 Å². The molecule has 0 bridgehead atoms. The number of halogens is 1. The third-order valence-electron chi connectivity index (χ3n) is 4.71. The van der Waals surface area contributed by atoms with Crippen molar-refractivity contribution in [2.45, 2.75) is 24.7 Å². The molecule has 1 aliphatic heterocycles. The molecule has 3 nitrogen and oxygen atoms in total. The van der Waals surface area contributed by atoms with E-state index in [1.807, 2.05) is 30.3 Å². The van der Waals surface area contributed by atoms with E-state index in [0.29, 0.717) is 18.0 Å². The summed E-state index contributed by atoms with van der Waals surface area (Å²) in [7, 11) is 0. The van der Waals surface area contributed by atoms with Crippen LogP contribution in [0, 0.1) is 0 Å². The third-order valence-corrected chi connectivity index (χ3v) is 4.95. The number of hydrogen-bond donors (Lipinski definition) is 1. The van der Waals surface area contributed by atoms with Crippen molar-refractivity contribution in [1.29, 1.82) is 0 Å². The average molecular weight is 344 g/mol. The molecule has 1 saturated heterocycles. The molecule has 4 heteroatoms. The van der Waals surface area contributed by atoms with Gasteiger partial charge in [-0.15, -0.1) is 0 Å². The fraction of sp³-hybridized carbons (Fsp3) is 0.350. The lowest BCUT2D eigenvalue weighted by atomic mass is 9.74. The maximum absolute atomic E-state index is 12.4. The van der Waals surface area contributed by atoms with Gasteiger partial charge in [0, 0.05) is 30.2 Å². The van der Waals surface area contributed by atoms with E-state index in [9.17, 15) is 4.79 Å². The van der Waals surface area contributed by atoms with Crippen LogP contribution in [0.2, 0.25) is 5.02 Å². The first-order chi connectivity index (χ1) is 11.7. The van der Waals surface area contributed by atoms with Gasteiger partial charge < -0.3 is 10.1 Å². The molecular formula is C20H22ClNO2. The van der Waals surface area contributed by atoms with Crippen molar-refractivity contribution < 1.29 is 9.53 Å². The van der Waals surface area contributed by atoms with E-state index in [2.05, 4.69) is 29.6 Å². The Balaban J connectivity index is 1.66. The van der Waals surface area contributed by atoms with Crippen LogP contribution in [-0.4, -0.2) is 25.7 Å². The Labute approximate surface area is 148 Å². The molecule has 0 aromatic heterocycles. The molecule has 2 aromatic rings. The molecule has 0 aliphatic carbocycles. The van der Waals surface area contributed by atoms with Crippen LogP contribution >= 0.6 is 11.6 Å². The van der Waals surface area contributed by atoms with Gasteiger partial charge in [-0.25, -0.2) is 0 Å². The Kier molecular flexibility index (Phi) is 5.54. The van der Waals surface area contributed by atoms with Crippen molar-refractivity contribution in [2.24, 2.45) is 0 Å². The summed E-state index contributed by atoms with van der Waals surface area (Å²) in [6.45, 7) is 2.11. The molecule has 0 atom stereocenters. The molecule has 1 heterocycles. The number of benzene rings is 2. The quantitative estimate of drug-likeness (QED) is 0.898. The Morgan fingerprint density at radius 1 is 1.08 bits per heavy atom.